The molecule has 10 nitrogen and oxygen atoms in total. The van der Waals surface area contributed by atoms with Gasteiger partial charge in [-0.3, -0.25) is 9.18 Å². The number of aliphatic hydroxyl groups is 1. The molecule has 2 amide bonds. The molecular weight excluding hydrogens is 623 g/mol. The van der Waals surface area contributed by atoms with Crippen molar-refractivity contribution in [3.63, 3.8) is 0 Å². The van der Waals surface area contributed by atoms with E-state index in [2.05, 4.69) is 10.6 Å². The van der Waals surface area contributed by atoms with Crippen LogP contribution >= 0.6 is 0 Å². The predicted molar refractivity (Wildman–Crippen MR) is 181 cm³/mol. The zero-order valence-electron chi connectivity index (χ0n) is 27.1. The van der Waals surface area contributed by atoms with Crippen molar-refractivity contribution in [3.05, 3.63) is 96.1 Å². The molecule has 47 heavy (non-hydrogen) atoms. The van der Waals surface area contributed by atoms with Crippen LogP contribution in [0.1, 0.15) is 62.5 Å². The Morgan fingerprint density at radius 2 is 1.49 bits per heavy atom. The van der Waals surface area contributed by atoms with E-state index >= 15 is 0 Å². The third-order valence-electron chi connectivity index (χ3n) is 8.08. The molecule has 3 rings (SSSR count). The lowest BCUT2D eigenvalue weighted by atomic mass is 9.84. The maximum atomic E-state index is 14.0. The molecule has 5 N–H and O–H groups in total. The van der Waals surface area contributed by atoms with Crippen molar-refractivity contribution in [2.24, 2.45) is 0 Å². The Morgan fingerprint density at radius 3 is 2.00 bits per heavy atom. The maximum Gasteiger partial charge on any atom is 0.407 e. The van der Waals surface area contributed by atoms with E-state index in [4.69, 9.17) is 10.5 Å². The van der Waals surface area contributed by atoms with Crippen LogP contribution in [0.5, 0.6) is 0 Å². The molecule has 256 valence electrons. The molecule has 0 saturated carbocycles. The van der Waals surface area contributed by atoms with Gasteiger partial charge in [0.1, 0.15) is 6.04 Å². The van der Waals surface area contributed by atoms with Crippen LogP contribution < -0.4 is 16.4 Å². The van der Waals surface area contributed by atoms with Crippen molar-refractivity contribution in [2.45, 2.75) is 74.4 Å². The number of nitrogens with one attached hydrogen (secondary N) is 2. The van der Waals surface area contributed by atoms with Crippen LogP contribution in [0.2, 0.25) is 0 Å². The summed E-state index contributed by atoms with van der Waals surface area (Å²) in [7, 11) is -2.80. The predicted octanol–water partition coefficient (Wildman–Crippen LogP) is 4.99. The number of rotatable bonds is 19. The minimum atomic E-state index is -4.04. The molecule has 3 aromatic carbocycles. The summed E-state index contributed by atoms with van der Waals surface area (Å²) in [6.07, 6.45) is 1.88. The summed E-state index contributed by atoms with van der Waals surface area (Å²) in [5, 5.41) is 16.1. The molecule has 0 aliphatic rings. The first kappa shape index (κ1) is 37.5. The zero-order valence-corrected chi connectivity index (χ0v) is 27.9. The van der Waals surface area contributed by atoms with Gasteiger partial charge in [0.15, 0.2) is 0 Å². The number of aliphatic hydroxyl groups excluding tert-OH is 1. The Bertz CT molecular complexity index is 1440. The van der Waals surface area contributed by atoms with Gasteiger partial charge in [-0.25, -0.2) is 13.2 Å². The summed E-state index contributed by atoms with van der Waals surface area (Å²) in [6.45, 7) is 0.746. The highest BCUT2D eigenvalue weighted by molar-refractivity contribution is 7.89. The van der Waals surface area contributed by atoms with Crippen molar-refractivity contribution in [2.75, 3.05) is 32.7 Å². The molecule has 0 aliphatic heterocycles. The van der Waals surface area contributed by atoms with Gasteiger partial charge in [-0.1, -0.05) is 74.0 Å². The lowest BCUT2D eigenvalue weighted by molar-refractivity contribution is -0.124. The van der Waals surface area contributed by atoms with Crippen molar-refractivity contribution in [1.29, 1.82) is 0 Å². The molecule has 0 fully saturated rings. The number of ether oxygens (including phenoxy) is 1. The Morgan fingerprint density at radius 1 is 0.894 bits per heavy atom. The topological polar surface area (TPSA) is 151 Å². The Hall–Kier alpha value is -4.00. The van der Waals surface area contributed by atoms with E-state index in [0.717, 1.165) is 21.9 Å². The number of benzene rings is 3. The number of amides is 2. The van der Waals surface area contributed by atoms with Crippen LogP contribution in [0.3, 0.4) is 0 Å². The van der Waals surface area contributed by atoms with Crippen LogP contribution in [0.25, 0.3) is 0 Å². The summed E-state index contributed by atoms with van der Waals surface area (Å²) in [5.74, 6) is -0.902. The monoisotopic (exact) mass is 670 g/mol. The highest BCUT2D eigenvalue weighted by Gasteiger charge is 2.34. The van der Waals surface area contributed by atoms with Gasteiger partial charge in [0.05, 0.1) is 25.3 Å². The summed E-state index contributed by atoms with van der Waals surface area (Å²) >= 11 is 0. The first-order valence-electron chi connectivity index (χ1n) is 15.9. The number of carbonyl (C=O) groups excluding carboxylic acids is 2. The number of nitrogens with zero attached hydrogens (tertiary/aromatic N) is 1. The number of nitrogen functional groups attached to an aromatic ring is 1. The summed E-state index contributed by atoms with van der Waals surface area (Å²) in [4.78, 5) is 26.5. The van der Waals surface area contributed by atoms with Crippen molar-refractivity contribution < 1.29 is 32.2 Å². The van der Waals surface area contributed by atoms with Crippen LogP contribution in [0.4, 0.5) is 14.9 Å². The first-order chi connectivity index (χ1) is 22.7. The van der Waals surface area contributed by atoms with Gasteiger partial charge in [0, 0.05) is 30.2 Å². The molecule has 3 atom stereocenters. The average molecular weight is 671 g/mol. The maximum absolute atomic E-state index is 14.0. The van der Waals surface area contributed by atoms with Crippen LogP contribution in [0.15, 0.2) is 89.8 Å². The zero-order chi connectivity index (χ0) is 34.2. The van der Waals surface area contributed by atoms with Crippen molar-refractivity contribution in [3.8, 4) is 0 Å². The SMILES string of the molecule is CCCC(CCCC(CO)N(CCCF)S(=O)(=O)c1ccc(N)cc1)NC(=O)C(NC(=O)OC)C(c1ccccc1)c1ccccc1. The lowest BCUT2D eigenvalue weighted by Gasteiger charge is -2.31. The van der Waals surface area contributed by atoms with Gasteiger partial charge in [0.25, 0.3) is 0 Å². The third kappa shape index (κ3) is 10.8. The van der Waals surface area contributed by atoms with E-state index in [0.29, 0.717) is 24.9 Å². The number of anilines is 1. The fraction of sp³-hybridized carbons (Fsp3) is 0.429. The van der Waals surface area contributed by atoms with Gasteiger partial charge in [0.2, 0.25) is 15.9 Å². The van der Waals surface area contributed by atoms with E-state index in [1.807, 2.05) is 67.6 Å². The minimum absolute atomic E-state index is 0.00988. The number of hydrogen-bond donors (Lipinski definition) is 4. The lowest BCUT2D eigenvalue weighted by Crippen LogP contribution is -2.52. The van der Waals surface area contributed by atoms with E-state index in [-0.39, 0.29) is 36.2 Å². The van der Waals surface area contributed by atoms with E-state index in [9.17, 15) is 27.5 Å². The van der Waals surface area contributed by atoms with Gasteiger partial charge in [-0.2, -0.15) is 4.31 Å². The van der Waals surface area contributed by atoms with Gasteiger partial charge in [-0.15, -0.1) is 0 Å². The average Bonchev–Trinajstić information content (AvgIpc) is 3.08. The summed E-state index contributed by atoms with van der Waals surface area (Å²) in [6, 6.07) is 22.5. The number of halogens is 1. The van der Waals surface area contributed by atoms with Crippen LogP contribution in [-0.4, -0.2) is 74.9 Å². The number of sulfonamides is 1. The van der Waals surface area contributed by atoms with E-state index in [1.54, 1.807) is 0 Å². The number of alkyl carbamates (subject to hydrolysis) is 1. The second-order valence-electron chi connectivity index (χ2n) is 11.4. The Kier molecular flexibility index (Phi) is 15.1. The standard InChI is InChI=1S/C35H47FN4O6S/c1-3-12-29(17-10-18-30(25-41)40(24-11-23-36)47(44,45)31-21-19-28(37)20-22-31)38-34(42)33(39-35(43)46-2)32(26-13-6-4-7-14-26)27-15-8-5-9-16-27/h4-9,13-16,19-22,29-30,32-33,41H,3,10-12,17-18,23-25,37H2,1-2H3,(H,38,42)(H,39,43). The molecule has 0 heterocycles. The summed E-state index contributed by atoms with van der Waals surface area (Å²) < 4.78 is 46.3. The molecule has 3 unspecified atom stereocenters. The molecule has 0 aromatic heterocycles. The molecule has 0 bridgehead atoms. The molecule has 0 spiro atoms. The number of methoxy groups -OCH3 is 1. The number of carbonyl (C=O) groups is 2. The molecule has 0 radical (unpaired) electrons. The first-order valence-corrected chi connectivity index (χ1v) is 17.4. The quantitative estimate of drug-likeness (QED) is 0.131. The Balaban J connectivity index is 1.81. The van der Waals surface area contributed by atoms with Crippen molar-refractivity contribution in [1.82, 2.24) is 14.9 Å². The van der Waals surface area contributed by atoms with Gasteiger partial charge in [-0.05, 0) is 67.5 Å². The highest BCUT2D eigenvalue weighted by atomic mass is 32.2. The number of hydrogen-bond acceptors (Lipinski definition) is 7. The fourth-order valence-corrected chi connectivity index (χ4v) is 7.41. The van der Waals surface area contributed by atoms with Crippen molar-refractivity contribution >= 4 is 27.7 Å². The van der Waals surface area contributed by atoms with E-state index in [1.165, 1.54) is 31.4 Å². The van der Waals surface area contributed by atoms with Gasteiger partial charge < -0.3 is 26.2 Å². The second kappa shape index (κ2) is 19.0. The second-order valence-corrected chi connectivity index (χ2v) is 13.3. The molecule has 0 aliphatic carbocycles. The normalized spacial score (nSPS) is 13.6. The number of nitrogens with two attached hydrogens (primary N) is 1. The molecular formula is C35H47FN4O6S. The van der Waals surface area contributed by atoms with Crippen LogP contribution in [0, 0.1) is 0 Å². The fourth-order valence-electron chi connectivity index (χ4n) is 5.73. The smallest absolute Gasteiger partial charge is 0.407 e. The number of alkyl halides is 1. The third-order valence-corrected chi connectivity index (χ3v) is 10.0. The van der Waals surface area contributed by atoms with Gasteiger partial charge >= 0.3 is 6.09 Å². The minimum Gasteiger partial charge on any atom is -0.453 e. The highest BCUT2D eigenvalue weighted by Crippen LogP contribution is 2.29. The van der Waals surface area contributed by atoms with Crippen LogP contribution in [-0.2, 0) is 19.6 Å². The Labute approximate surface area is 277 Å². The molecule has 3 aromatic rings. The molecule has 0 saturated heterocycles. The largest absolute Gasteiger partial charge is 0.453 e. The summed E-state index contributed by atoms with van der Waals surface area (Å²) in [5.41, 5.74) is 7.82. The molecule has 12 heteroatoms. The van der Waals surface area contributed by atoms with E-state index < -0.39 is 47.4 Å².